The van der Waals surface area contributed by atoms with Crippen LogP contribution >= 0.6 is 0 Å². The van der Waals surface area contributed by atoms with Gasteiger partial charge >= 0.3 is 0 Å². The third kappa shape index (κ3) is 1.71. The lowest BCUT2D eigenvalue weighted by atomic mass is 10.1. The third-order valence-corrected chi connectivity index (χ3v) is 2.90. The molecular weight excluding hydrogens is 198 g/mol. The Hall–Kier alpha value is -1.35. The van der Waals surface area contributed by atoms with Gasteiger partial charge in [0.2, 0.25) is 0 Å². The largest absolute Gasteiger partial charge is 0.330 e. The Labute approximate surface area is 96.2 Å². The third-order valence-electron chi connectivity index (χ3n) is 2.90. The molecule has 0 aliphatic carbocycles. The maximum atomic E-state index is 5.64. The molecule has 0 saturated carbocycles. The Bertz CT molecular complexity index is 497. The summed E-state index contributed by atoms with van der Waals surface area (Å²) < 4.78 is 2.09. The summed E-state index contributed by atoms with van der Waals surface area (Å²) in [4.78, 5) is 0. The Morgan fingerprint density at radius 2 is 2.12 bits per heavy atom. The molecule has 1 heterocycles. The van der Waals surface area contributed by atoms with Gasteiger partial charge in [-0.3, -0.25) is 4.68 Å². The fraction of sp³-hybridized carbons (Fsp3) is 0.462. The summed E-state index contributed by atoms with van der Waals surface area (Å²) in [7, 11) is 0. The van der Waals surface area contributed by atoms with Crippen molar-refractivity contribution in [2.45, 2.75) is 33.2 Å². The molecule has 0 aliphatic rings. The molecule has 0 spiro atoms. The van der Waals surface area contributed by atoms with Crippen LogP contribution in [-0.4, -0.2) is 16.3 Å². The van der Waals surface area contributed by atoms with E-state index >= 15 is 0 Å². The quantitative estimate of drug-likeness (QED) is 0.858. The van der Waals surface area contributed by atoms with Gasteiger partial charge in [-0.05, 0) is 45.4 Å². The molecule has 1 aromatic heterocycles. The van der Waals surface area contributed by atoms with E-state index in [-0.39, 0.29) is 0 Å². The summed E-state index contributed by atoms with van der Waals surface area (Å²) in [6.45, 7) is 7.07. The molecule has 0 bridgehead atoms. The van der Waals surface area contributed by atoms with Gasteiger partial charge in [0.25, 0.3) is 0 Å². The van der Waals surface area contributed by atoms with E-state index in [4.69, 9.17) is 5.73 Å². The lowest BCUT2D eigenvalue weighted by molar-refractivity contribution is 0.547. The number of rotatable bonds is 3. The highest BCUT2D eigenvalue weighted by Crippen LogP contribution is 2.25. The molecular formula is C13H19N3. The Morgan fingerprint density at radius 3 is 2.75 bits per heavy atom. The standard InChI is InChI=1S/C13H19N3/c1-9(2)16-12-6-4-5-11(7-8-14)13(12)10(3)15-16/h4-6,9H,7-8,14H2,1-3H3. The topological polar surface area (TPSA) is 43.8 Å². The molecule has 3 heteroatoms. The van der Waals surface area contributed by atoms with Crippen LogP contribution in [0.3, 0.4) is 0 Å². The minimum absolute atomic E-state index is 0.393. The van der Waals surface area contributed by atoms with Crippen LogP contribution in [0.5, 0.6) is 0 Å². The monoisotopic (exact) mass is 217 g/mol. The molecule has 1 aromatic carbocycles. The van der Waals surface area contributed by atoms with Crippen molar-refractivity contribution in [2.24, 2.45) is 5.73 Å². The number of benzene rings is 1. The molecule has 0 radical (unpaired) electrons. The van der Waals surface area contributed by atoms with Crippen molar-refractivity contribution in [3.63, 3.8) is 0 Å². The molecule has 2 rings (SSSR count). The molecule has 3 nitrogen and oxygen atoms in total. The molecule has 0 unspecified atom stereocenters. The smallest absolute Gasteiger partial charge is 0.0691 e. The molecule has 2 aromatic rings. The van der Waals surface area contributed by atoms with E-state index in [9.17, 15) is 0 Å². The van der Waals surface area contributed by atoms with Gasteiger partial charge in [-0.15, -0.1) is 0 Å². The van der Waals surface area contributed by atoms with Gasteiger partial charge in [0.05, 0.1) is 11.2 Å². The minimum atomic E-state index is 0.393. The second kappa shape index (κ2) is 4.26. The van der Waals surface area contributed by atoms with E-state index in [1.165, 1.54) is 16.5 Å². The Kier molecular flexibility index (Phi) is 2.97. The number of hydrogen-bond acceptors (Lipinski definition) is 2. The van der Waals surface area contributed by atoms with Crippen molar-refractivity contribution in [2.75, 3.05) is 6.54 Å². The van der Waals surface area contributed by atoms with E-state index in [0.29, 0.717) is 12.6 Å². The average Bonchev–Trinajstić information content (AvgIpc) is 2.58. The lowest BCUT2D eigenvalue weighted by Crippen LogP contribution is -2.04. The van der Waals surface area contributed by atoms with E-state index in [2.05, 4.69) is 48.8 Å². The van der Waals surface area contributed by atoms with Gasteiger partial charge in [0, 0.05) is 11.4 Å². The van der Waals surface area contributed by atoms with Crippen LogP contribution < -0.4 is 5.73 Å². The van der Waals surface area contributed by atoms with Crippen molar-refractivity contribution in [3.05, 3.63) is 29.5 Å². The second-order valence-corrected chi connectivity index (χ2v) is 4.47. The zero-order valence-corrected chi connectivity index (χ0v) is 10.2. The summed E-state index contributed by atoms with van der Waals surface area (Å²) in [6, 6.07) is 6.77. The maximum Gasteiger partial charge on any atom is 0.0691 e. The van der Waals surface area contributed by atoms with Gasteiger partial charge in [-0.2, -0.15) is 5.10 Å². The van der Waals surface area contributed by atoms with Crippen LogP contribution in [0.4, 0.5) is 0 Å². The van der Waals surface area contributed by atoms with E-state index in [0.717, 1.165) is 12.1 Å². The van der Waals surface area contributed by atoms with E-state index in [1.807, 2.05) is 0 Å². The number of aromatic nitrogens is 2. The van der Waals surface area contributed by atoms with Crippen molar-refractivity contribution in [3.8, 4) is 0 Å². The van der Waals surface area contributed by atoms with Crippen LogP contribution in [-0.2, 0) is 6.42 Å². The van der Waals surface area contributed by atoms with Crippen LogP contribution in [0.15, 0.2) is 18.2 Å². The summed E-state index contributed by atoms with van der Waals surface area (Å²) in [6.07, 6.45) is 0.919. The first-order valence-corrected chi connectivity index (χ1v) is 5.82. The number of nitrogens with two attached hydrogens (primary N) is 1. The van der Waals surface area contributed by atoms with Gasteiger partial charge in [-0.1, -0.05) is 12.1 Å². The summed E-state index contributed by atoms with van der Waals surface area (Å²) in [5, 5.41) is 5.89. The first-order valence-electron chi connectivity index (χ1n) is 5.82. The minimum Gasteiger partial charge on any atom is -0.330 e. The first kappa shape index (κ1) is 11.1. The number of aryl methyl sites for hydroxylation is 1. The van der Waals surface area contributed by atoms with Crippen LogP contribution in [0.1, 0.15) is 31.1 Å². The molecule has 2 N–H and O–H groups in total. The van der Waals surface area contributed by atoms with Gasteiger partial charge in [0.1, 0.15) is 0 Å². The average molecular weight is 217 g/mol. The number of nitrogens with zero attached hydrogens (tertiary/aromatic N) is 2. The van der Waals surface area contributed by atoms with Crippen LogP contribution in [0, 0.1) is 6.92 Å². The molecule has 0 fully saturated rings. The summed E-state index contributed by atoms with van der Waals surface area (Å²) in [5.41, 5.74) is 9.28. The molecule has 0 saturated heterocycles. The van der Waals surface area contributed by atoms with Gasteiger partial charge in [-0.25, -0.2) is 0 Å². The van der Waals surface area contributed by atoms with Crippen molar-refractivity contribution in [1.29, 1.82) is 0 Å². The Balaban J connectivity index is 2.69. The summed E-state index contributed by atoms with van der Waals surface area (Å²) >= 11 is 0. The second-order valence-electron chi connectivity index (χ2n) is 4.47. The van der Waals surface area contributed by atoms with Gasteiger partial charge in [0.15, 0.2) is 0 Å². The Morgan fingerprint density at radius 1 is 1.38 bits per heavy atom. The molecule has 0 amide bonds. The highest BCUT2D eigenvalue weighted by molar-refractivity contribution is 5.85. The highest BCUT2D eigenvalue weighted by atomic mass is 15.3. The predicted molar refractivity (Wildman–Crippen MR) is 67.6 cm³/mol. The fourth-order valence-corrected chi connectivity index (χ4v) is 2.22. The first-order chi connectivity index (χ1) is 7.65. The number of fused-ring (bicyclic) bond motifs is 1. The SMILES string of the molecule is Cc1nn(C(C)C)c2cccc(CCN)c12. The van der Waals surface area contributed by atoms with E-state index < -0.39 is 0 Å². The zero-order valence-electron chi connectivity index (χ0n) is 10.2. The number of hydrogen-bond donors (Lipinski definition) is 1. The highest BCUT2D eigenvalue weighted by Gasteiger charge is 2.12. The maximum absolute atomic E-state index is 5.64. The molecule has 0 atom stereocenters. The zero-order chi connectivity index (χ0) is 11.7. The van der Waals surface area contributed by atoms with Crippen molar-refractivity contribution >= 4 is 10.9 Å². The van der Waals surface area contributed by atoms with E-state index in [1.54, 1.807) is 0 Å². The molecule has 0 aliphatic heterocycles. The predicted octanol–water partition coefficient (Wildman–Crippen LogP) is 2.43. The normalized spacial score (nSPS) is 11.6. The van der Waals surface area contributed by atoms with Crippen molar-refractivity contribution in [1.82, 2.24) is 9.78 Å². The molecule has 16 heavy (non-hydrogen) atoms. The van der Waals surface area contributed by atoms with Gasteiger partial charge < -0.3 is 5.73 Å². The molecule has 86 valence electrons. The van der Waals surface area contributed by atoms with Crippen LogP contribution in [0.25, 0.3) is 10.9 Å². The fourth-order valence-electron chi connectivity index (χ4n) is 2.22. The van der Waals surface area contributed by atoms with Crippen LogP contribution in [0.2, 0.25) is 0 Å². The summed E-state index contributed by atoms with van der Waals surface area (Å²) in [5.74, 6) is 0. The lowest BCUT2D eigenvalue weighted by Gasteiger charge is -2.07. The van der Waals surface area contributed by atoms with Crippen molar-refractivity contribution < 1.29 is 0 Å².